The average Bonchev–Trinajstić information content (AvgIpc) is 2.51. The van der Waals surface area contributed by atoms with Gasteiger partial charge in [-0.05, 0) is 46.2 Å². The van der Waals surface area contributed by atoms with Crippen molar-refractivity contribution in [2.75, 3.05) is 26.7 Å². The normalized spacial score (nSPS) is 18.8. The summed E-state index contributed by atoms with van der Waals surface area (Å²) in [4.78, 5) is 16.3. The van der Waals surface area contributed by atoms with Gasteiger partial charge in [-0.1, -0.05) is 18.2 Å². The molecule has 1 aromatic carbocycles. The molecule has 4 heteroatoms. The summed E-state index contributed by atoms with van der Waals surface area (Å²) >= 11 is 0. The van der Waals surface area contributed by atoms with Crippen LogP contribution in [0.4, 0.5) is 0 Å². The van der Waals surface area contributed by atoms with Crippen molar-refractivity contribution in [2.45, 2.75) is 46.2 Å². The van der Waals surface area contributed by atoms with Gasteiger partial charge < -0.3 is 14.5 Å². The Morgan fingerprint density at radius 1 is 1.35 bits per heavy atom. The molecule has 2 rings (SSSR count). The molecule has 0 spiro atoms. The lowest BCUT2D eigenvalue weighted by Crippen LogP contribution is -2.46. The molecule has 1 aliphatic heterocycles. The summed E-state index contributed by atoms with van der Waals surface area (Å²) in [7, 11) is 2.15. The second-order valence-corrected chi connectivity index (χ2v) is 6.78. The Labute approximate surface area is 140 Å². The van der Waals surface area contributed by atoms with Crippen molar-refractivity contribution in [1.29, 1.82) is 0 Å². The first kappa shape index (κ1) is 17.8. The highest BCUT2D eigenvalue weighted by atomic mass is 16.5. The first-order valence-electron chi connectivity index (χ1n) is 8.70. The van der Waals surface area contributed by atoms with Crippen LogP contribution >= 0.6 is 0 Å². The molecule has 0 aromatic heterocycles. The molecular weight excluding hydrogens is 288 g/mol. The van der Waals surface area contributed by atoms with Gasteiger partial charge >= 0.3 is 0 Å². The smallest absolute Gasteiger partial charge is 0.222 e. The van der Waals surface area contributed by atoms with Crippen molar-refractivity contribution in [1.82, 2.24) is 9.80 Å². The number of ether oxygens (including phenoxy) is 1. The van der Waals surface area contributed by atoms with Crippen LogP contribution in [-0.4, -0.2) is 48.5 Å². The molecule has 1 unspecified atom stereocenters. The van der Waals surface area contributed by atoms with E-state index < -0.39 is 0 Å². The first-order valence-corrected chi connectivity index (χ1v) is 8.70. The highest BCUT2D eigenvalue weighted by Crippen LogP contribution is 2.23. The van der Waals surface area contributed by atoms with Gasteiger partial charge in [-0.3, -0.25) is 4.79 Å². The van der Waals surface area contributed by atoms with E-state index in [0.717, 1.165) is 31.8 Å². The van der Waals surface area contributed by atoms with E-state index in [4.69, 9.17) is 4.74 Å². The summed E-state index contributed by atoms with van der Waals surface area (Å²) in [5, 5.41) is 0. The molecule has 128 valence electrons. The van der Waals surface area contributed by atoms with Crippen LogP contribution in [0.3, 0.4) is 0 Å². The van der Waals surface area contributed by atoms with Gasteiger partial charge in [0.15, 0.2) is 0 Å². The maximum Gasteiger partial charge on any atom is 0.222 e. The Balaban J connectivity index is 1.92. The Bertz CT molecular complexity index is 516. The predicted octanol–water partition coefficient (Wildman–Crippen LogP) is 3.16. The van der Waals surface area contributed by atoms with E-state index in [1.54, 1.807) is 0 Å². The lowest BCUT2D eigenvalue weighted by Gasteiger charge is -2.37. The van der Waals surface area contributed by atoms with Gasteiger partial charge in [-0.2, -0.15) is 0 Å². The van der Waals surface area contributed by atoms with Crippen LogP contribution in [-0.2, 0) is 11.3 Å². The third kappa shape index (κ3) is 4.96. The molecular formula is C19H30N2O2. The summed E-state index contributed by atoms with van der Waals surface area (Å²) in [5.41, 5.74) is 1.23. The van der Waals surface area contributed by atoms with E-state index in [1.165, 1.54) is 5.56 Å². The molecule has 23 heavy (non-hydrogen) atoms. The fraction of sp³-hybridized carbons (Fsp3) is 0.632. The van der Waals surface area contributed by atoms with E-state index in [1.807, 2.05) is 24.0 Å². The van der Waals surface area contributed by atoms with Gasteiger partial charge in [0, 0.05) is 37.7 Å². The Morgan fingerprint density at radius 3 is 2.78 bits per heavy atom. The molecule has 0 aliphatic carbocycles. The highest BCUT2D eigenvalue weighted by Gasteiger charge is 2.27. The zero-order valence-corrected chi connectivity index (χ0v) is 14.9. The van der Waals surface area contributed by atoms with E-state index in [0.29, 0.717) is 30.9 Å². The molecule has 4 nitrogen and oxygen atoms in total. The minimum atomic E-state index is 0.300. The number of hydrogen-bond donors (Lipinski definition) is 0. The largest absolute Gasteiger partial charge is 0.494 e. The van der Waals surface area contributed by atoms with Crippen molar-refractivity contribution in [2.24, 2.45) is 5.92 Å². The number of nitrogens with zero attached hydrogens (tertiary/aromatic N) is 2. The number of rotatable bonds is 7. The van der Waals surface area contributed by atoms with Crippen molar-refractivity contribution in [3.8, 4) is 5.75 Å². The number of benzene rings is 1. The molecule has 0 radical (unpaired) electrons. The molecule has 1 heterocycles. The third-order valence-electron chi connectivity index (χ3n) is 4.45. The molecule has 1 aromatic rings. The summed E-state index contributed by atoms with van der Waals surface area (Å²) in [6, 6.07) is 8.54. The van der Waals surface area contributed by atoms with Gasteiger partial charge in [0.25, 0.3) is 0 Å². The Kier molecular flexibility index (Phi) is 6.46. The molecule has 1 saturated heterocycles. The summed E-state index contributed by atoms with van der Waals surface area (Å²) in [6.07, 6.45) is 1.69. The van der Waals surface area contributed by atoms with Crippen LogP contribution in [0.5, 0.6) is 5.75 Å². The van der Waals surface area contributed by atoms with Crippen molar-refractivity contribution >= 4 is 5.91 Å². The quantitative estimate of drug-likeness (QED) is 0.774. The minimum Gasteiger partial charge on any atom is -0.494 e. The number of carbonyl (C=O) groups is 1. The monoisotopic (exact) mass is 318 g/mol. The molecule has 0 saturated carbocycles. The van der Waals surface area contributed by atoms with Gasteiger partial charge in [0.2, 0.25) is 5.91 Å². The van der Waals surface area contributed by atoms with Gasteiger partial charge in [0.1, 0.15) is 5.75 Å². The maximum atomic E-state index is 12.0. The molecule has 1 aliphatic rings. The SMILES string of the molecule is CCOc1ccccc1CN(C)CC1CCC(=O)N(C(C)C)C1. The van der Waals surface area contributed by atoms with Crippen LogP contribution < -0.4 is 4.74 Å². The van der Waals surface area contributed by atoms with Crippen molar-refractivity contribution in [3.05, 3.63) is 29.8 Å². The minimum absolute atomic E-state index is 0.300. The number of likely N-dealkylation sites (tertiary alicyclic amines) is 1. The second kappa shape index (κ2) is 8.34. The zero-order chi connectivity index (χ0) is 16.8. The zero-order valence-electron chi connectivity index (χ0n) is 14.9. The van der Waals surface area contributed by atoms with Crippen molar-refractivity contribution in [3.63, 3.8) is 0 Å². The van der Waals surface area contributed by atoms with Gasteiger partial charge in [-0.25, -0.2) is 0 Å². The number of hydrogen-bond acceptors (Lipinski definition) is 3. The number of piperidine rings is 1. The summed E-state index contributed by atoms with van der Waals surface area (Å²) < 4.78 is 5.71. The number of carbonyl (C=O) groups excluding carboxylic acids is 1. The number of para-hydroxylation sites is 1. The molecule has 0 bridgehead atoms. The van der Waals surface area contributed by atoms with Crippen LogP contribution in [0.2, 0.25) is 0 Å². The fourth-order valence-corrected chi connectivity index (χ4v) is 3.32. The van der Waals surface area contributed by atoms with Crippen LogP contribution in [0, 0.1) is 5.92 Å². The topological polar surface area (TPSA) is 32.8 Å². The maximum absolute atomic E-state index is 12.0. The third-order valence-corrected chi connectivity index (χ3v) is 4.45. The van der Waals surface area contributed by atoms with Crippen LogP contribution in [0.1, 0.15) is 39.2 Å². The predicted molar refractivity (Wildman–Crippen MR) is 93.5 cm³/mol. The van der Waals surface area contributed by atoms with Gasteiger partial charge in [-0.15, -0.1) is 0 Å². The van der Waals surface area contributed by atoms with E-state index in [-0.39, 0.29) is 0 Å². The highest BCUT2D eigenvalue weighted by molar-refractivity contribution is 5.77. The summed E-state index contributed by atoms with van der Waals surface area (Å²) in [6.45, 7) is 9.67. The lowest BCUT2D eigenvalue weighted by atomic mass is 9.96. The Morgan fingerprint density at radius 2 is 2.09 bits per heavy atom. The fourth-order valence-electron chi connectivity index (χ4n) is 3.32. The van der Waals surface area contributed by atoms with Crippen LogP contribution in [0.15, 0.2) is 24.3 Å². The molecule has 1 atom stereocenters. The molecule has 0 N–H and O–H groups in total. The summed E-state index contributed by atoms with van der Waals surface area (Å²) in [5.74, 6) is 1.84. The Hall–Kier alpha value is -1.55. The second-order valence-electron chi connectivity index (χ2n) is 6.78. The molecule has 1 fully saturated rings. The van der Waals surface area contributed by atoms with Gasteiger partial charge in [0.05, 0.1) is 6.61 Å². The number of amides is 1. The van der Waals surface area contributed by atoms with E-state index in [2.05, 4.69) is 37.9 Å². The standard InChI is InChI=1S/C19H30N2O2/c1-5-23-18-9-7-6-8-17(18)14-20(4)12-16-10-11-19(22)21(13-16)15(2)3/h6-9,15-16H,5,10-14H2,1-4H3. The van der Waals surface area contributed by atoms with E-state index in [9.17, 15) is 4.79 Å². The first-order chi connectivity index (χ1) is 11.0. The van der Waals surface area contributed by atoms with E-state index >= 15 is 0 Å². The van der Waals surface area contributed by atoms with Crippen molar-refractivity contribution < 1.29 is 9.53 Å². The molecule has 1 amide bonds. The average molecular weight is 318 g/mol. The lowest BCUT2D eigenvalue weighted by molar-refractivity contribution is -0.136. The van der Waals surface area contributed by atoms with Crippen LogP contribution in [0.25, 0.3) is 0 Å².